The highest BCUT2D eigenvalue weighted by molar-refractivity contribution is 6.42. The van der Waals surface area contributed by atoms with Crippen molar-refractivity contribution in [1.82, 2.24) is 9.55 Å². The normalized spacial score (nSPS) is 15.9. The quantitative estimate of drug-likeness (QED) is 0.507. The molecule has 0 saturated carbocycles. The molecule has 1 atom stereocenters. The molecule has 0 aliphatic carbocycles. The lowest BCUT2D eigenvalue weighted by Gasteiger charge is -2.31. The van der Waals surface area contributed by atoms with Gasteiger partial charge in [0.25, 0.3) is 0 Å². The highest BCUT2D eigenvalue weighted by atomic mass is 35.5. The van der Waals surface area contributed by atoms with Gasteiger partial charge in [0, 0.05) is 5.70 Å². The number of rotatable bonds is 5. The third kappa shape index (κ3) is 3.49. The number of esters is 1. The number of halogens is 2. The van der Waals surface area contributed by atoms with Gasteiger partial charge in [-0.2, -0.15) is 0 Å². The molecule has 0 spiro atoms. The van der Waals surface area contributed by atoms with E-state index in [-0.39, 0.29) is 5.97 Å². The van der Waals surface area contributed by atoms with Gasteiger partial charge in [0.15, 0.2) is 0 Å². The van der Waals surface area contributed by atoms with Crippen molar-refractivity contribution < 1.29 is 9.53 Å². The molecular formula is C22H21Cl2N3O2. The van der Waals surface area contributed by atoms with Crippen LogP contribution < -0.4 is 5.32 Å². The predicted octanol–water partition coefficient (Wildman–Crippen LogP) is 5.98. The van der Waals surface area contributed by atoms with Gasteiger partial charge < -0.3 is 10.1 Å². The van der Waals surface area contributed by atoms with Crippen LogP contribution in [0, 0.1) is 0 Å². The summed E-state index contributed by atoms with van der Waals surface area (Å²) in [6, 6.07) is 12.9. The Balaban J connectivity index is 2.01. The van der Waals surface area contributed by atoms with Crippen molar-refractivity contribution >= 4 is 46.2 Å². The Labute approximate surface area is 179 Å². The van der Waals surface area contributed by atoms with Gasteiger partial charge in [0.2, 0.25) is 5.95 Å². The third-order valence-corrected chi connectivity index (χ3v) is 5.71. The molecule has 29 heavy (non-hydrogen) atoms. The molecule has 150 valence electrons. The number of fused-ring (bicyclic) bond motifs is 3. The largest absolute Gasteiger partial charge is 0.463 e. The van der Waals surface area contributed by atoms with Gasteiger partial charge in [0.1, 0.15) is 0 Å². The second-order valence-corrected chi connectivity index (χ2v) is 7.67. The molecule has 0 unspecified atom stereocenters. The van der Waals surface area contributed by atoms with Gasteiger partial charge in [-0.15, -0.1) is 0 Å². The zero-order chi connectivity index (χ0) is 20.5. The van der Waals surface area contributed by atoms with Gasteiger partial charge in [-0.25, -0.2) is 9.78 Å². The van der Waals surface area contributed by atoms with Crippen LogP contribution in [-0.4, -0.2) is 22.1 Å². The predicted molar refractivity (Wildman–Crippen MR) is 117 cm³/mol. The van der Waals surface area contributed by atoms with Crippen molar-refractivity contribution in [2.75, 3.05) is 11.9 Å². The first kappa shape index (κ1) is 19.8. The summed E-state index contributed by atoms with van der Waals surface area (Å²) in [5.74, 6) is 0.349. The van der Waals surface area contributed by atoms with E-state index in [9.17, 15) is 4.79 Å². The number of nitrogens with one attached hydrogen (secondary N) is 1. The number of para-hydroxylation sites is 2. The van der Waals surface area contributed by atoms with Crippen molar-refractivity contribution in [3.8, 4) is 0 Å². The van der Waals surface area contributed by atoms with Gasteiger partial charge >= 0.3 is 5.97 Å². The number of ether oxygens (including phenoxy) is 1. The molecule has 5 nitrogen and oxygen atoms in total. The molecule has 1 aliphatic rings. The third-order valence-electron chi connectivity index (χ3n) is 4.97. The smallest absolute Gasteiger partial charge is 0.338 e. The van der Waals surface area contributed by atoms with Crippen LogP contribution in [0.4, 0.5) is 5.95 Å². The first-order chi connectivity index (χ1) is 14.0. The second-order valence-electron chi connectivity index (χ2n) is 6.86. The first-order valence-corrected chi connectivity index (χ1v) is 10.4. The number of carbonyl (C=O) groups is 1. The average Bonchev–Trinajstić information content (AvgIpc) is 3.07. The van der Waals surface area contributed by atoms with E-state index in [1.165, 1.54) is 0 Å². The van der Waals surface area contributed by atoms with Crippen molar-refractivity contribution in [2.45, 2.75) is 32.7 Å². The summed E-state index contributed by atoms with van der Waals surface area (Å²) in [4.78, 5) is 17.8. The number of aromatic nitrogens is 2. The number of benzene rings is 2. The van der Waals surface area contributed by atoms with E-state index in [1.54, 1.807) is 19.1 Å². The van der Waals surface area contributed by atoms with E-state index in [2.05, 4.69) is 12.2 Å². The monoisotopic (exact) mass is 429 g/mol. The number of carbonyl (C=O) groups excluding carboxylic acids is 1. The van der Waals surface area contributed by atoms with Crippen molar-refractivity contribution in [3.63, 3.8) is 0 Å². The van der Waals surface area contributed by atoms with Crippen LogP contribution in [-0.2, 0) is 9.53 Å². The van der Waals surface area contributed by atoms with Crippen molar-refractivity contribution in [2.24, 2.45) is 0 Å². The maximum atomic E-state index is 13.1. The number of nitrogens with zero attached hydrogens (tertiary/aromatic N) is 2. The Morgan fingerprint density at radius 2 is 1.97 bits per heavy atom. The lowest BCUT2D eigenvalue weighted by atomic mass is 9.93. The second kappa shape index (κ2) is 8.09. The van der Waals surface area contributed by atoms with Crippen LogP contribution in [0.5, 0.6) is 0 Å². The minimum atomic E-state index is -0.422. The molecule has 1 N–H and O–H groups in total. The fourth-order valence-electron chi connectivity index (χ4n) is 3.78. The minimum absolute atomic E-state index is 0.299. The number of hydrogen-bond donors (Lipinski definition) is 1. The Kier molecular flexibility index (Phi) is 5.52. The van der Waals surface area contributed by atoms with Crippen molar-refractivity contribution in [3.05, 3.63) is 69.3 Å². The maximum absolute atomic E-state index is 13.1. The van der Waals surface area contributed by atoms with Gasteiger partial charge in [-0.05, 0) is 43.2 Å². The Morgan fingerprint density at radius 1 is 1.17 bits per heavy atom. The SMILES string of the molecule is CCCC1=C(C(=O)OCC)[C@@H](c2ccc(Cl)c(Cl)c2)n2c(nc3ccccc32)N1. The summed E-state index contributed by atoms with van der Waals surface area (Å²) in [6.07, 6.45) is 1.58. The molecule has 0 bridgehead atoms. The fraction of sp³-hybridized carbons (Fsp3) is 0.273. The number of hydrogen-bond acceptors (Lipinski definition) is 4. The zero-order valence-electron chi connectivity index (χ0n) is 16.2. The Morgan fingerprint density at radius 3 is 2.69 bits per heavy atom. The fourth-order valence-corrected chi connectivity index (χ4v) is 4.09. The highest BCUT2D eigenvalue weighted by Crippen LogP contribution is 2.41. The zero-order valence-corrected chi connectivity index (χ0v) is 17.7. The Bertz CT molecular complexity index is 1120. The van der Waals surface area contributed by atoms with E-state index in [0.717, 1.165) is 28.7 Å². The lowest BCUT2D eigenvalue weighted by Crippen LogP contribution is -2.29. The van der Waals surface area contributed by atoms with Gasteiger partial charge in [-0.3, -0.25) is 4.57 Å². The van der Waals surface area contributed by atoms with Crippen LogP contribution in [0.3, 0.4) is 0 Å². The van der Waals surface area contributed by atoms with Gasteiger partial charge in [0.05, 0.1) is 39.3 Å². The van der Waals surface area contributed by atoms with Crippen molar-refractivity contribution in [1.29, 1.82) is 0 Å². The Hall–Kier alpha value is -2.50. The van der Waals surface area contributed by atoms with E-state index in [4.69, 9.17) is 32.9 Å². The molecule has 1 aromatic heterocycles. The van der Waals surface area contributed by atoms with Crippen LogP contribution in [0.15, 0.2) is 53.7 Å². The maximum Gasteiger partial charge on any atom is 0.338 e. The lowest BCUT2D eigenvalue weighted by molar-refractivity contribution is -0.139. The molecule has 0 amide bonds. The highest BCUT2D eigenvalue weighted by Gasteiger charge is 2.36. The molecule has 2 heterocycles. The van der Waals surface area contributed by atoms with Crippen LogP contribution in [0.1, 0.15) is 38.3 Å². The molecule has 2 aromatic carbocycles. The molecule has 4 rings (SSSR count). The summed E-state index contributed by atoms with van der Waals surface area (Å²) in [6.45, 7) is 4.18. The van der Waals surface area contributed by atoms with Crippen LogP contribution in [0.2, 0.25) is 10.0 Å². The van der Waals surface area contributed by atoms with Gasteiger partial charge in [-0.1, -0.05) is 54.7 Å². The first-order valence-electron chi connectivity index (χ1n) is 9.64. The average molecular weight is 430 g/mol. The van der Waals surface area contributed by atoms with E-state index < -0.39 is 6.04 Å². The van der Waals surface area contributed by atoms with E-state index >= 15 is 0 Å². The molecule has 0 radical (unpaired) electrons. The summed E-state index contributed by atoms with van der Waals surface area (Å²) in [5, 5.41) is 4.28. The molecule has 1 aliphatic heterocycles. The molecule has 7 heteroatoms. The summed E-state index contributed by atoms with van der Waals surface area (Å²) in [7, 11) is 0. The van der Waals surface area contributed by atoms with E-state index in [0.29, 0.717) is 34.6 Å². The standard InChI is InChI=1S/C22H21Cl2N3O2/c1-3-7-17-19(21(28)29-4-2)20(13-10-11-14(23)15(24)12-13)27-18-9-6-5-8-16(18)25-22(27)26-17/h5-6,8-12,20H,3-4,7H2,1-2H3,(H,25,26)/t20-/m1/s1. The number of allylic oxidation sites excluding steroid dienone is 1. The summed E-state index contributed by atoms with van der Waals surface area (Å²) in [5.41, 5.74) is 4.01. The summed E-state index contributed by atoms with van der Waals surface area (Å²) < 4.78 is 7.47. The van der Waals surface area contributed by atoms with Crippen LogP contribution >= 0.6 is 23.2 Å². The molecular weight excluding hydrogens is 409 g/mol. The molecule has 0 saturated heterocycles. The van der Waals surface area contributed by atoms with E-state index in [1.807, 2.05) is 34.9 Å². The summed E-state index contributed by atoms with van der Waals surface area (Å²) >= 11 is 12.5. The minimum Gasteiger partial charge on any atom is -0.463 e. The number of anilines is 1. The topological polar surface area (TPSA) is 56.2 Å². The number of imidazole rings is 1. The van der Waals surface area contributed by atoms with Crippen LogP contribution in [0.25, 0.3) is 11.0 Å². The molecule has 3 aromatic rings. The molecule has 0 fully saturated rings.